The van der Waals surface area contributed by atoms with Crippen LogP contribution in [0.15, 0.2) is 12.2 Å². The minimum absolute atomic E-state index is 0.270. The third kappa shape index (κ3) is 4.13. The van der Waals surface area contributed by atoms with Crippen LogP contribution in [0.3, 0.4) is 0 Å². The van der Waals surface area contributed by atoms with Crippen LogP contribution in [0.4, 0.5) is 0 Å². The quantitative estimate of drug-likeness (QED) is 0.341. The Morgan fingerprint density at radius 2 is 1.91 bits per heavy atom. The molecule has 0 aliphatic carbocycles. The summed E-state index contributed by atoms with van der Waals surface area (Å²) in [7, 11) is 0. The molecule has 0 aromatic heterocycles. The number of hydrogen-bond acceptors (Lipinski definition) is 4. The number of hydrogen-bond donors (Lipinski definition) is 0. The van der Waals surface area contributed by atoms with Gasteiger partial charge in [-0.05, 0) is 6.42 Å². The average molecular weight is 158 g/mol. The van der Waals surface area contributed by atoms with E-state index in [4.69, 9.17) is 0 Å². The van der Waals surface area contributed by atoms with Crippen LogP contribution in [-0.4, -0.2) is 11.9 Å². The van der Waals surface area contributed by atoms with E-state index in [1.807, 2.05) is 0 Å². The fourth-order valence-electron chi connectivity index (χ4n) is 0.300. The molecule has 0 N–H and O–H groups in total. The Morgan fingerprint density at radius 1 is 1.36 bits per heavy atom. The Hall–Kier alpha value is -1.32. The average Bonchev–Trinajstić information content (AvgIpc) is 1.98. The van der Waals surface area contributed by atoms with Gasteiger partial charge in [-0.25, -0.2) is 19.4 Å². The molecule has 0 saturated carbocycles. The summed E-state index contributed by atoms with van der Waals surface area (Å²) in [5.41, 5.74) is 0.270. The Kier molecular flexibility index (Phi) is 3.95. The zero-order valence-corrected chi connectivity index (χ0v) is 6.55. The van der Waals surface area contributed by atoms with Gasteiger partial charge in [0.15, 0.2) is 0 Å². The highest BCUT2D eigenvalue weighted by Crippen LogP contribution is 1.99. The van der Waals surface area contributed by atoms with E-state index in [2.05, 4.69) is 16.4 Å². The molecule has 0 amide bonds. The molecule has 0 unspecified atom stereocenters. The van der Waals surface area contributed by atoms with E-state index in [-0.39, 0.29) is 5.57 Å². The number of carbonyl (C=O) groups excluding carboxylic acids is 2. The second kappa shape index (κ2) is 4.49. The summed E-state index contributed by atoms with van der Waals surface area (Å²) < 4.78 is 0. The minimum Gasteiger partial charge on any atom is -0.248 e. The van der Waals surface area contributed by atoms with Crippen molar-refractivity contribution in [3.05, 3.63) is 12.2 Å². The van der Waals surface area contributed by atoms with Crippen molar-refractivity contribution in [3.8, 4) is 0 Å². The molecule has 0 fully saturated rings. The van der Waals surface area contributed by atoms with E-state index in [1.54, 1.807) is 6.92 Å². The standard InChI is InChI=1S/C7H10O4/c1-4-5(2)7(9)11-10-6(3)8/h2,4H2,1,3H3. The second-order valence-corrected chi connectivity index (χ2v) is 1.90. The van der Waals surface area contributed by atoms with Crippen LogP contribution in [0.25, 0.3) is 0 Å². The van der Waals surface area contributed by atoms with Gasteiger partial charge in [-0.15, -0.1) is 0 Å². The lowest BCUT2D eigenvalue weighted by molar-refractivity contribution is -0.253. The van der Waals surface area contributed by atoms with Crippen molar-refractivity contribution in [2.45, 2.75) is 20.3 Å². The number of carbonyl (C=O) groups is 2. The minimum atomic E-state index is -0.706. The largest absolute Gasteiger partial charge is 0.381 e. The van der Waals surface area contributed by atoms with Gasteiger partial charge in [0, 0.05) is 12.5 Å². The van der Waals surface area contributed by atoms with Crippen molar-refractivity contribution in [1.29, 1.82) is 0 Å². The van der Waals surface area contributed by atoms with Crippen LogP contribution in [0.5, 0.6) is 0 Å². The summed E-state index contributed by atoms with van der Waals surface area (Å²) in [4.78, 5) is 28.9. The van der Waals surface area contributed by atoms with Crippen LogP contribution in [-0.2, 0) is 19.4 Å². The predicted octanol–water partition coefficient (Wildman–Crippen LogP) is 0.974. The van der Waals surface area contributed by atoms with E-state index in [0.717, 1.165) is 6.92 Å². The second-order valence-electron chi connectivity index (χ2n) is 1.90. The molecule has 0 saturated heterocycles. The third-order valence-corrected chi connectivity index (χ3v) is 0.950. The molecule has 0 spiro atoms. The highest BCUT2D eigenvalue weighted by Gasteiger charge is 2.08. The van der Waals surface area contributed by atoms with Gasteiger partial charge >= 0.3 is 11.9 Å². The molecular formula is C7H10O4. The maximum absolute atomic E-state index is 10.7. The molecule has 4 nitrogen and oxygen atoms in total. The molecule has 0 bridgehead atoms. The zero-order chi connectivity index (χ0) is 8.85. The SMILES string of the molecule is C=C(CC)C(=O)OOC(C)=O. The first-order valence-electron chi connectivity index (χ1n) is 3.15. The smallest absolute Gasteiger partial charge is 0.248 e. The van der Waals surface area contributed by atoms with Gasteiger partial charge in [-0.2, -0.15) is 0 Å². The Morgan fingerprint density at radius 3 is 2.27 bits per heavy atom. The lowest BCUT2D eigenvalue weighted by Crippen LogP contribution is -2.09. The normalized spacial score (nSPS) is 8.55. The van der Waals surface area contributed by atoms with E-state index in [0.29, 0.717) is 6.42 Å². The summed E-state index contributed by atoms with van der Waals surface area (Å²) in [6.45, 7) is 6.27. The molecule has 0 aliphatic heterocycles. The fourth-order valence-corrected chi connectivity index (χ4v) is 0.300. The maximum atomic E-state index is 10.7. The van der Waals surface area contributed by atoms with Crippen molar-refractivity contribution >= 4 is 11.9 Å². The predicted molar refractivity (Wildman–Crippen MR) is 37.3 cm³/mol. The van der Waals surface area contributed by atoms with Gasteiger partial charge in [0.25, 0.3) is 0 Å². The van der Waals surface area contributed by atoms with E-state index >= 15 is 0 Å². The highest BCUT2D eigenvalue weighted by atomic mass is 17.2. The molecule has 0 atom stereocenters. The molecule has 11 heavy (non-hydrogen) atoms. The van der Waals surface area contributed by atoms with Crippen molar-refractivity contribution in [1.82, 2.24) is 0 Å². The highest BCUT2D eigenvalue weighted by molar-refractivity contribution is 5.87. The first-order valence-corrected chi connectivity index (χ1v) is 3.15. The number of rotatable bonds is 2. The van der Waals surface area contributed by atoms with E-state index < -0.39 is 11.9 Å². The molecule has 4 heteroatoms. The monoisotopic (exact) mass is 158 g/mol. The fraction of sp³-hybridized carbons (Fsp3) is 0.429. The van der Waals surface area contributed by atoms with Crippen molar-refractivity contribution < 1.29 is 19.4 Å². The molecule has 62 valence electrons. The Labute approximate surface area is 64.7 Å². The van der Waals surface area contributed by atoms with Gasteiger partial charge < -0.3 is 0 Å². The van der Waals surface area contributed by atoms with Gasteiger partial charge in [0.1, 0.15) is 0 Å². The van der Waals surface area contributed by atoms with Gasteiger partial charge in [0.05, 0.1) is 0 Å². The molecule has 0 rings (SSSR count). The summed E-state index contributed by atoms with van der Waals surface area (Å²) in [6.07, 6.45) is 0.472. The van der Waals surface area contributed by atoms with Gasteiger partial charge in [-0.1, -0.05) is 13.5 Å². The first-order chi connectivity index (χ1) is 5.07. The van der Waals surface area contributed by atoms with Crippen LogP contribution >= 0.6 is 0 Å². The van der Waals surface area contributed by atoms with E-state index in [9.17, 15) is 9.59 Å². The van der Waals surface area contributed by atoms with Crippen molar-refractivity contribution in [2.75, 3.05) is 0 Å². The van der Waals surface area contributed by atoms with Gasteiger partial charge in [-0.3, -0.25) is 0 Å². The molecule has 0 aromatic rings. The lowest BCUT2D eigenvalue weighted by Gasteiger charge is -2.00. The molecular weight excluding hydrogens is 148 g/mol. The van der Waals surface area contributed by atoms with E-state index in [1.165, 1.54) is 0 Å². The maximum Gasteiger partial charge on any atom is 0.381 e. The van der Waals surface area contributed by atoms with Crippen LogP contribution in [0.1, 0.15) is 20.3 Å². The molecule has 0 heterocycles. The third-order valence-electron chi connectivity index (χ3n) is 0.950. The van der Waals surface area contributed by atoms with Crippen molar-refractivity contribution in [3.63, 3.8) is 0 Å². The Balaban J connectivity index is 3.70. The lowest BCUT2D eigenvalue weighted by atomic mass is 10.2. The molecule has 0 radical (unpaired) electrons. The van der Waals surface area contributed by atoms with Crippen molar-refractivity contribution in [2.24, 2.45) is 0 Å². The van der Waals surface area contributed by atoms with Crippen LogP contribution in [0, 0.1) is 0 Å². The van der Waals surface area contributed by atoms with Gasteiger partial charge in [0.2, 0.25) is 0 Å². The summed E-state index contributed by atoms with van der Waals surface area (Å²) in [5.74, 6) is -1.37. The van der Waals surface area contributed by atoms with Crippen LogP contribution < -0.4 is 0 Å². The summed E-state index contributed by atoms with van der Waals surface area (Å²) in [6, 6.07) is 0. The van der Waals surface area contributed by atoms with Crippen LogP contribution in [0.2, 0.25) is 0 Å². The summed E-state index contributed by atoms with van der Waals surface area (Å²) >= 11 is 0. The Bertz CT molecular complexity index is 183. The first kappa shape index (κ1) is 9.68. The molecule has 0 aliphatic rings. The zero-order valence-electron chi connectivity index (χ0n) is 6.55. The molecule has 0 aromatic carbocycles. The summed E-state index contributed by atoms with van der Waals surface area (Å²) in [5, 5.41) is 0. The topological polar surface area (TPSA) is 52.6 Å².